The van der Waals surface area contributed by atoms with E-state index in [4.69, 9.17) is 10.2 Å². The summed E-state index contributed by atoms with van der Waals surface area (Å²) in [5.41, 5.74) is 4.92. The summed E-state index contributed by atoms with van der Waals surface area (Å²) in [4.78, 5) is 0. The summed E-state index contributed by atoms with van der Waals surface area (Å²) >= 11 is 3.24. The lowest BCUT2D eigenvalue weighted by Gasteiger charge is -2.22. The Hall–Kier alpha value is -0.320. The fourth-order valence-electron chi connectivity index (χ4n) is 1.45. The monoisotopic (exact) mass is 261 g/mol. The van der Waals surface area contributed by atoms with Crippen LogP contribution in [0.5, 0.6) is 0 Å². The molecule has 1 aromatic heterocycles. The molecular weight excluding hydrogens is 246 g/mol. The molecule has 1 rings (SSSR count). The van der Waals surface area contributed by atoms with Crippen molar-refractivity contribution < 1.29 is 9.52 Å². The molecule has 3 N–H and O–H groups in total. The summed E-state index contributed by atoms with van der Waals surface area (Å²) in [6.07, 6.45) is 0.601. The summed E-state index contributed by atoms with van der Waals surface area (Å²) < 4.78 is 6.10. The van der Waals surface area contributed by atoms with Gasteiger partial charge in [0.05, 0.1) is 5.60 Å². The Bertz CT molecular complexity index is 291. The van der Waals surface area contributed by atoms with Crippen molar-refractivity contribution in [3.05, 3.63) is 22.6 Å². The van der Waals surface area contributed by atoms with Gasteiger partial charge < -0.3 is 15.3 Å². The number of halogens is 1. The van der Waals surface area contributed by atoms with Gasteiger partial charge in [-0.15, -0.1) is 0 Å². The zero-order chi connectivity index (χ0) is 10.8. The van der Waals surface area contributed by atoms with Crippen LogP contribution >= 0.6 is 15.9 Å². The predicted octanol–water partition coefficient (Wildman–Crippen LogP) is 2.25. The topological polar surface area (TPSA) is 59.4 Å². The fraction of sp³-hybridized carbons (Fsp3) is 0.600. The molecule has 1 heterocycles. The van der Waals surface area contributed by atoms with E-state index in [0.29, 0.717) is 17.6 Å². The van der Waals surface area contributed by atoms with Gasteiger partial charge in [0.25, 0.3) is 0 Å². The van der Waals surface area contributed by atoms with Gasteiger partial charge in [0.1, 0.15) is 5.76 Å². The number of nitrogens with two attached hydrogens (primary N) is 1. The fourth-order valence-corrected chi connectivity index (χ4v) is 1.77. The van der Waals surface area contributed by atoms with Gasteiger partial charge in [-0.05, 0) is 48.3 Å². The molecule has 0 aliphatic heterocycles. The van der Waals surface area contributed by atoms with Crippen LogP contribution in [0.3, 0.4) is 0 Å². The third kappa shape index (κ3) is 3.44. The smallest absolute Gasteiger partial charge is 0.169 e. The number of aliphatic hydroxyl groups is 1. The largest absolute Gasteiger partial charge is 0.454 e. The van der Waals surface area contributed by atoms with Gasteiger partial charge in [0.15, 0.2) is 4.67 Å². The summed E-state index contributed by atoms with van der Waals surface area (Å²) in [7, 11) is 0. The van der Waals surface area contributed by atoms with E-state index in [1.54, 1.807) is 13.8 Å². The summed E-state index contributed by atoms with van der Waals surface area (Å²) in [5, 5.41) is 9.68. The second kappa shape index (κ2) is 4.47. The Morgan fingerprint density at radius 3 is 2.57 bits per heavy atom. The molecule has 1 aromatic rings. The van der Waals surface area contributed by atoms with Crippen molar-refractivity contribution in [2.45, 2.75) is 31.8 Å². The first-order valence-corrected chi connectivity index (χ1v) is 5.39. The predicted molar refractivity (Wildman–Crippen MR) is 59.1 cm³/mol. The molecule has 0 bridgehead atoms. The Labute approximate surface area is 92.4 Å². The molecule has 0 spiro atoms. The molecule has 0 aromatic carbocycles. The van der Waals surface area contributed by atoms with E-state index in [0.717, 1.165) is 5.76 Å². The van der Waals surface area contributed by atoms with Crippen LogP contribution in [0.2, 0.25) is 0 Å². The van der Waals surface area contributed by atoms with Crippen LogP contribution in [0, 0.1) is 0 Å². The van der Waals surface area contributed by atoms with Crippen LogP contribution in [-0.4, -0.2) is 17.3 Å². The molecular formula is C10H16BrNO2. The highest BCUT2D eigenvalue weighted by Gasteiger charge is 2.22. The van der Waals surface area contributed by atoms with Crippen molar-refractivity contribution in [3.63, 3.8) is 0 Å². The van der Waals surface area contributed by atoms with E-state index in [1.165, 1.54) is 0 Å². The van der Waals surface area contributed by atoms with Crippen molar-refractivity contribution in [2.75, 3.05) is 6.54 Å². The maximum Gasteiger partial charge on any atom is 0.169 e. The molecule has 0 radical (unpaired) electrons. The minimum Gasteiger partial charge on any atom is -0.454 e. The SMILES string of the molecule is CC(C)(O)CC(CN)c1ccc(Br)o1. The Balaban J connectivity index is 2.72. The first-order valence-electron chi connectivity index (χ1n) is 4.60. The van der Waals surface area contributed by atoms with Crippen LogP contribution in [-0.2, 0) is 0 Å². The lowest BCUT2D eigenvalue weighted by atomic mass is 9.92. The standard InChI is InChI=1S/C10H16BrNO2/c1-10(2,13)5-7(6-12)8-3-4-9(11)14-8/h3-4,7,13H,5-6,12H2,1-2H3. The van der Waals surface area contributed by atoms with Gasteiger partial charge in [-0.2, -0.15) is 0 Å². The van der Waals surface area contributed by atoms with Crippen molar-refractivity contribution in [2.24, 2.45) is 5.73 Å². The van der Waals surface area contributed by atoms with Crippen LogP contribution in [0.4, 0.5) is 0 Å². The normalized spacial score (nSPS) is 14.4. The molecule has 0 aliphatic carbocycles. The summed E-state index contributed by atoms with van der Waals surface area (Å²) in [6.45, 7) is 4.02. The van der Waals surface area contributed by atoms with Gasteiger partial charge in [-0.1, -0.05) is 0 Å². The molecule has 0 saturated carbocycles. The minimum absolute atomic E-state index is 0.0706. The zero-order valence-corrected chi connectivity index (χ0v) is 10.0. The highest BCUT2D eigenvalue weighted by Crippen LogP contribution is 2.28. The summed E-state index contributed by atoms with van der Waals surface area (Å²) in [5.74, 6) is 0.891. The lowest BCUT2D eigenvalue weighted by Crippen LogP contribution is -2.25. The number of hydrogen-bond acceptors (Lipinski definition) is 3. The highest BCUT2D eigenvalue weighted by molar-refractivity contribution is 9.10. The van der Waals surface area contributed by atoms with Crippen LogP contribution < -0.4 is 5.73 Å². The molecule has 0 amide bonds. The first kappa shape index (κ1) is 11.8. The number of rotatable bonds is 4. The number of furan rings is 1. The maximum absolute atomic E-state index is 9.68. The average Bonchev–Trinajstić information content (AvgIpc) is 2.46. The van der Waals surface area contributed by atoms with E-state index >= 15 is 0 Å². The average molecular weight is 262 g/mol. The van der Waals surface area contributed by atoms with E-state index < -0.39 is 5.60 Å². The molecule has 1 unspecified atom stereocenters. The van der Waals surface area contributed by atoms with Crippen molar-refractivity contribution in [1.82, 2.24) is 0 Å². The first-order chi connectivity index (χ1) is 6.42. The van der Waals surface area contributed by atoms with Crippen molar-refractivity contribution in [3.8, 4) is 0 Å². The molecule has 0 saturated heterocycles. The molecule has 80 valence electrons. The zero-order valence-electron chi connectivity index (χ0n) is 8.46. The van der Waals surface area contributed by atoms with E-state index in [2.05, 4.69) is 15.9 Å². The minimum atomic E-state index is -0.719. The molecule has 4 heteroatoms. The quantitative estimate of drug-likeness (QED) is 0.874. The van der Waals surface area contributed by atoms with Gasteiger partial charge >= 0.3 is 0 Å². The lowest BCUT2D eigenvalue weighted by molar-refractivity contribution is 0.0612. The second-order valence-corrected chi connectivity index (χ2v) is 4.87. The molecule has 0 fully saturated rings. The van der Waals surface area contributed by atoms with E-state index in [1.807, 2.05) is 12.1 Å². The van der Waals surface area contributed by atoms with E-state index in [9.17, 15) is 5.11 Å². The molecule has 3 nitrogen and oxygen atoms in total. The van der Waals surface area contributed by atoms with Gasteiger partial charge in [0.2, 0.25) is 0 Å². The third-order valence-electron chi connectivity index (χ3n) is 2.03. The van der Waals surface area contributed by atoms with Gasteiger partial charge in [-0.25, -0.2) is 0 Å². The maximum atomic E-state index is 9.68. The Morgan fingerprint density at radius 2 is 2.21 bits per heavy atom. The van der Waals surface area contributed by atoms with Crippen LogP contribution in [0.25, 0.3) is 0 Å². The van der Waals surface area contributed by atoms with E-state index in [-0.39, 0.29) is 5.92 Å². The Morgan fingerprint density at radius 1 is 1.57 bits per heavy atom. The van der Waals surface area contributed by atoms with Crippen LogP contribution in [0.1, 0.15) is 31.9 Å². The molecule has 1 atom stereocenters. The van der Waals surface area contributed by atoms with Gasteiger partial charge in [0, 0.05) is 12.5 Å². The van der Waals surface area contributed by atoms with Crippen LogP contribution in [0.15, 0.2) is 21.2 Å². The highest BCUT2D eigenvalue weighted by atomic mass is 79.9. The second-order valence-electron chi connectivity index (χ2n) is 4.09. The molecule has 0 aliphatic rings. The van der Waals surface area contributed by atoms with Crippen molar-refractivity contribution >= 4 is 15.9 Å². The molecule has 14 heavy (non-hydrogen) atoms. The number of hydrogen-bond donors (Lipinski definition) is 2. The van der Waals surface area contributed by atoms with Crippen molar-refractivity contribution in [1.29, 1.82) is 0 Å². The van der Waals surface area contributed by atoms with Gasteiger partial charge in [-0.3, -0.25) is 0 Å². The Kier molecular flexibility index (Phi) is 3.75. The summed E-state index contributed by atoms with van der Waals surface area (Å²) in [6, 6.07) is 3.72. The third-order valence-corrected chi connectivity index (χ3v) is 2.45.